The Labute approximate surface area is 80.9 Å². The van der Waals surface area contributed by atoms with Crippen molar-refractivity contribution in [2.75, 3.05) is 7.11 Å². The molecule has 0 unspecified atom stereocenters. The number of benzene rings is 1. The first-order chi connectivity index (χ1) is 6.11. The van der Waals surface area contributed by atoms with Crippen LogP contribution in [0.4, 0.5) is 0 Å². The van der Waals surface area contributed by atoms with Gasteiger partial charge < -0.3 is 9.84 Å². The maximum absolute atomic E-state index is 10.6. The quantitative estimate of drug-likeness (QED) is 0.745. The number of aldehydes is 1. The molecule has 0 amide bonds. The number of hydrogen-bond donors (Lipinski definition) is 1. The number of rotatable bonds is 2. The van der Waals surface area contributed by atoms with Crippen molar-refractivity contribution in [3.8, 4) is 11.5 Å². The zero-order valence-corrected chi connectivity index (χ0v) is 8.05. The van der Waals surface area contributed by atoms with E-state index in [2.05, 4.69) is 0 Å². The second-order valence-corrected chi connectivity index (χ2v) is 2.97. The van der Waals surface area contributed by atoms with Gasteiger partial charge in [0.05, 0.1) is 17.7 Å². The van der Waals surface area contributed by atoms with Gasteiger partial charge in [-0.2, -0.15) is 0 Å². The van der Waals surface area contributed by atoms with Crippen molar-refractivity contribution in [1.82, 2.24) is 0 Å². The predicted octanol–water partition coefficient (Wildman–Crippen LogP) is 2.18. The van der Waals surface area contributed by atoms with E-state index in [4.69, 9.17) is 16.3 Å². The Morgan fingerprint density at radius 2 is 2.23 bits per heavy atom. The molecule has 0 aromatic heterocycles. The summed E-state index contributed by atoms with van der Waals surface area (Å²) in [4.78, 5) is 10.6. The summed E-state index contributed by atoms with van der Waals surface area (Å²) in [7, 11) is 1.43. The number of aromatic hydroxyl groups is 1. The van der Waals surface area contributed by atoms with E-state index < -0.39 is 0 Å². The Hall–Kier alpha value is -1.22. The standard InChI is InChI=1S/C9H9ClO3/c1-5-3-7(13-2)6(4-11)9(12)8(5)10/h3-4,12H,1-2H3. The molecule has 0 atom stereocenters. The van der Waals surface area contributed by atoms with Crippen LogP contribution in [0.3, 0.4) is 0 Å². The van der Waals surface area contributed by atoms with Gasteiger partial charge in [0.15, 0.2) is 6.29 Å². The fraction of sp³-hybridized carbons (Fsp3) is 0.222. The summed E-state index contributed by atoms with van der Waals surface area (Å²) in [5, 5.41) is 9.63. The normalized spacial score (nSPS) is 9.77. The van der Waals surface area contributed by atoms with Gasteiger partial charge in [-0.3, -0.25) is 4.79 Å². The number of phenols is 1. The van der Waals surface area contributed by atoms with Crippen LogP contribution in [0.5, 0.6) is 11.5 Å². The van der Waals surface area contributed by atoms with E-state index in [1.54, 1.807) is 13.0 Å². The Kier molecular flexibility index (Phi) is 2.78. The third-order valence-electron chi connectivity index (χ3n) is 1.76. The molecule has 70 valence electrons. The lowest BCUT2D eigenvalue weighted by molar-refractivity contribution is 0.111. The van der Waals surface area contributed by atoms with Crippen molar-refractivity contribution in [2.45, 2.75) is 6.92 Å². The number of hydrogen-bond acceptors (Lipinski definition) is 3. The molecular weight excluding hydrogens is 192 g/mol. The summed E-state index contributed by atoms with van der Waals surface area (Å²) < 4.78 is 4.90. The molecule has 0 heterocycles. The van der Waals surface area contributed by atoms with Crippen LogP contribution in [-0.4, -0.2) is 18.5 Å². The molecule has 0 aliphatic rings. The Balaban J connectivity index is 3.47. The van der Waals surface area contributed by atoms with Gasteiger partial charge in [-0.15, -0.1) is 0 Å². The summed E-state index contributed by atoms with van der Waals surface area (Å²) in [5.74, 6) is 0.0999. The van der Waals surface area contributed by atoms with E-state index in [0.29, 0.717) is 17.6 Å². The molecule has 0 aliphatic heterocycles. The first-order valence-electron chi connectivity index (χ1n) is 3.63. The van der Waals surface area contributed by atoms with Crippen LogP contribution in [-0.2, 0) is 0 Å². The van der Waals surface area contributed by atoms with Gasteiger partial charge in [-0.05, 0) is 18.6 Å². The molecule has 1 aromatic rings. The topological polar surface area (TPSA) is 46.5 Å². The predicted molar refractivity (Wildman–Crippen MR) is 49.8 cm³/mol. The lowest BCUT2D eigenvalue weighted by Crippen LogP contribution is -1.93. The molecule has 0 aliphatic carbocycles. The average molecular weight is 201 g/mol. The average Bonchev–Trinajstić information content (AvgIpc) is 2.13. The smallest absolute Gasteiger partial charge is 0.157 e. The molecule has 0 fully saturated rings. The van der Waals surface area contributed by atoms with Crippen LogP contribution < -0.4 is 4.74 Å². The molecule has 0 spiro atoms. The van der Waals surface area contributed by atoms with Crippen LogP contribution in [0.2, 0.25) is 5.02 Å². The number of methoxy groups -OCH3 is 1. The molecule has 13 heavy (non-hydrogen) atoms. The largest absolute Gasteiger partial charge is 0.505 e. The molecule has 0 bridgehead atoms. The lowest BCUT2D eigenvalue weighted by atomic mass is 10.1. The van der Waals surface area contributed by atoms with E-state index in [-0.39, 0.29) is 16.3 Å². The van der Waals surface area contributed by atoms with E-state index >= 15 is 0 Å². The van der Waals surface area contributed by atoms with E-state index in [1.807, 2.05) is 0 Å². The van der Waals surface area contributed by atoms with E-state index in [0.717, 1.165) is 0 Å². The third-order valence-corrected chi connectivity index (χ3v) is 2.24. The van der Waals surface area contributed by atoms with Crippen LogP contribution in [0.15, 0.2) is 6.07 Å². The van der Waals surface area contributed by atoms with Gasteiger partial charge in [0.2, 0.25) is 0 Å². The summed E-state index contributed by atoms with van der Waals surface area (Å²) in [6, 6.07) is 1.60. The van der Waals surface area contributed by atoms with Crippen LogP contribution in [0, 0.1) is 6.92 Å². The highest BCUT2D eigenvalue weighted by Crippen LogP contribution is 2.35. The van der Waals surface area contributed by atoms with Crippen molar-refractivity contribution >= 4 is 17.9 Å². The van der Waals surface area contributed by atoms with Crippen molar-refractivity contribution in [3.05, 3.63) is 22.2 Å². The Morgan fingerprint density at radius 1 is 1.62 bits per heavy atom. The highest BCUT2D eigenvalue weighted by molar-refractivity contribution is 6.33. The van der Waals surface area contributed by atoms with Gasteiger partial charge in [-0.1, -0.05) is 11.6 Å². The number of carbonyl (C=O) groups is 1. The van der Waals surface area contributed by atoms with Crippen LogP contribution in [0.1, 0.15) is 15.9 Å². The summed E-state index contributed by atoms with van der Waals surface area (Å²) in [6.07, 6.45) is 0.513. The van der Waals surface area contributed by atoms with Crippen molar-refractivity contribution in [3.63, 3.8) is 0 Å². The highest BCUT2D eigenvalue weighted by Gasteiger charge is 2.13. The first-order valence-corrected chi connectivity index (χ1v) is 4.00. The monoisotopic (exact) mass is 200 g/mol. The molecular formula is C9H9ClO3. The zero-order chi connectivity index (χ0) is 10.0. The number of ether oxygens (including phenoxy) is 1. The second kappa shape index (κ2) is 3.66. The fourth-order valence-electron chi connectivity index (χ4n) is 1.04. The minimum absolute atomic E-state index is 0.0816. The Bertz CT molecular complexity index is 347. The molecule has 0 saturated carbocycles. The Morgan fingerprint density at radius 3 is 2.69 bits per heavy atom. The minimum Gasteiger partial charge on any atom is -0.505 e. The molecule has 0 saturated heterocycles. The summed E-state index contributed by atoms with van der Waals surface area (Å²) in [5.41, 5.74) is 0.750. The zero-order valence-electron chi connectivity index (χ0n) is 7.30. The van der Waals surface area contributed by atoms with Crippen molar-refractivity contribution in [2.24, 2.45) is 0 Å². The summed E-state index contributed by atoms with van der Waals surface area (Å²) >= 11 is 5.73. The molecule has 1 aromatic carbocycles. The highest BCUT2D eigenvalue weighted by atomic mass is 35.5. The van der Waals surface area contributed by atoms with Crippen LogP contribution >= 0.6 is 11.6 Å². The van der Waals surface area contributed by atoms with Crippen LogP contribution in [0.25, 0.3) is 0 Å². The van der Waals surface area contributed by atoms with Crippen molar-refractivity contribution in [1.29, 1.82) is 0 Å². The van der Waals surface area contributed by atoms with Gasteiger partial charge in [0, 0.05) is 0 Å². The molecule has 1 rings (SSSR count). The van der Waals surface area contributed by atoms with Gasteiger partial charge in [0.25, 0.3) is 0 Å². The first kappa shape index (κ1) is 9.86. The molecule has 4 heteroatoms. The van der Waals surface area contributed by atoms with E-state index in [1.165, 1.54) is 7.11 Å². The van der Waals surface area contributed by atoms with Gasteiger partial charge >= 0.3 is 0 Å². The summed E-state index contributed by atoms with van der Waals surface area (Å²) in [6.45, 7) is 1.72. The SMILES string of the molecule is COc1cc(C)c(Cl)c(O)c1C=O. The lowest BCUT2D eigenvalue weighted by Gasteiger charge is -2.08. The van der Waals surface area contributed by atoms with E-state index in [9.17, 15) is 9.90 Å². The van der Waals surface area contributed by atoms with Gasteiger partial charge in [-0.25, -0.2) is 0 Å². The molecule has 0 radical (unpaired) electrons. The number of carbonyl (C=O) groups excluding carboxylic acids is 1. The van der Waals surface area contributed by atoms with Crippen molar-refractivity contribution < 1.29 is 14.6 Å². The minimum atomic E-state index is -0.228. The number of aryl methyl sites for hydroxylation is 1. The molecule has 1 N–H and O–H groups in total. The molecule has 3 nitrogen and oxygen atoms in total. The fourth-order valence-corrected chi connectivity index (χ4v) is 1.20. The van der Waals surface area contributed by atoms with Gasteiger partial charge in [0.1, 0.15) is 11.5 Å². The number of phenolic OH excluding ortho intramolecular Hbond substituents is 1. The second-order valence-electron chi connectivity index (χ2n) is 2.59. The third kappa shape index (κ3) is 1.60. The number of halogens is 1. The maximum Gasteiger partial charge on any atom is 0.157 e. The maximum atomic E-state index is 10.6.